The molecule has 0 saturated carbocycles. The van der Waals surface area contributed by atoms with Crippen molar-refractivity contribution in [3.63, 3.8) is 0 Å². The number of hydrogen-bond acceptors (Lipinski definition) is 3. The Hall–Kier alpha value is -2.13. The summed E-state index contributed by atoms with van der Waals surface area (Å²) in [5, 5.41) is 0. The van der Waals surface area contributed by atoms with Crippen LogP contribution in [0, 0.1) is 0 Å². The Morgan fingerprint density at radius 2 is 1.76 bits per heavy atom. The molecule has 3 heteroatoms. The molecule has 0 spiro atoms. The first-order chi connectivity index (χ1) is 10.2. The highest BCUT2D eigenvalue weighted by Gasteiger charge is 2.12. The number of ether oxygens (including phenoxy) is 1. The summed E-state index contributed by atoms with van der Waals surface area (Å²) in [5.41, 5.74) is 9.06. The van der Waals surface area contributed by atoms with Crippen LogP contribution >= 0.6 is 0 Å². The summed E-state index contributed by atoms with van der Waals surface area (Å²) in [6.45, 7) is 0. The lowest BCUT2D eigenvalue weighted by Gasteiger charge is -2.13. The maximum atomic E-state index is 11.7. The maximum Gasteiger partial charge on any atom is 0.338 e. The molecule has 2 rings (SSSR count). The number of benzene rings is 2. The van der Waals surface area contributed by atoms with Crippen molar-refractivity contribution in [1.82, 2.24) is 0 Å². The van der Waals surface area contributed by atoms with E-state index in [1.165, 1.54) is 12.7 Å². The summed E-state index contributed by atoms with van der Waals surface area (Å²) in [4.78, 5) is 11.7. The molecule has 0 fully saturated rings. The van der Waals surface area contributed by atoms with E-state index in [-0.39, 0.29) is 12.0 Å². The summed E-state index contributed by atoms with van der Waals surface area (Å²) in [7, 11) is 1.40. The normalized spacial score (nSPS) is 11.9. The highest BCUT2D eigenvalue weighted by molar-refractivity contribution is 5.90. The Morgan fingerprint density at radius 3 is 2.48 bits per heavy atom. The van der Waals surface area contributed by atoms with Gasteiger partial charge >= 0.3 is 5.97 Å². The number of nitrogens with two attached hydrogens (primary N) is 1. The fraction of sp³-hybridized carbons (Fsp3) is 0.278. The molecule has 0 amide bonds. The van der Waals surface area contributed by atoms with Crippen molar-refractivity contribution in [1.29, 1.82) is 0 Å². The van der Waals surface area contributed by atoms with E-state index in [1.54, 1.807) is 6.07 Å². The fourth-order valence-electron chi connectivity index (χ4n) is 2.41. The molecule has 1 atom stereocenters. The molecule has 21 heavy (non-hydrogen) atoms. The standard InChI is InChI=1S/C18H21NO2/c1-21-18(20)17-10-6-5-9-15(17)11-12-16(19)13-14-7-3-2-4-8-14/h2-10,16H,11-13,19H2,1H3. The zero-order chi connectivity index (χ0) is 15.1. The number of carbonyl (C=O) groups is 1. The molecule has 0 bridgehead atoms. The van der Waals surface area contributed by atoms with Crippen molar-refractivity contribution in [3.05, 3.63) is 71.3 Å². The van der Waals surface area contributed by atoms with Crippen molar-refractivity contribution in [2.24, 2.45) is 5.73 Å². The van der Waals surface area contributed by atoms with Gasteiger partial charge in [-0.1, -0.05) is 48.5 Å². The quantitative estimate of drug-likeness (QED) is 0.829. The van der Waals surface area contributed by atoms with Gasteiger partial charge in [0.25, 0.3) is 0 Å². The minimum absolute atomic E-state index is 0.0816. The zero-order valence-electron chi connectivity index (χ0n) is 12.3. The van der Waals surface area contributed by atoms with E-state index >= 15 is 0 Å². The SMILES string of the molecule is COC(=O)c1ccccc1CCC(N)Cc1ccccc1. The molecule has 110 valence electrons. The van der Waals surface area contributed by atoms with Crippen LogP contribution < -0.4 is 5.73 Å². The predicted octanol–water partition coefficient (Wildman–Crippen LogP) is 2.98. The minimum Gasteiger partial charge on any atom is -0.465 e. The largest absolute Gasteiger partial charge is 0.465 e. The Kier molecular flexibility index (Phi) is 5.52. The van der Waals surface area contributed by atoms with Gasteiger partial charge in [-0.05, 0) is 36.5 Å². The van der Waals surface area contributed by atoms with Crippen molar-refractivity contribution >= 4 is 5.97 Å². The Balaban J connectivity index is 1.95. The molecule has 0 aliphatic carbocycles. The molecule has 2 aromatic carbocycles. The number of rotatable bonds is 6. The van der Waals surface area contributed by atoms with Crippen LogP contribution in [0.1, 0.15) is 27.9 Å². The smallest absolute Gasteiger partial charge is 0.338 e. The molecule has 0 heterocycles. The third-order valence-electron chi connectivity index (χ3n) is 3.55. The second-order valence-corrected chi connectivity index (χ2v) is 5.14. The Labute approximate surface area is 125 Å². The van der Waals surface area contributed by atoms with Crippen LogP contribution in [-0.2, 0) is 17.6 Å². The third-order valence-corrected chi connectivity index (χ3v) is 3.55. The summed E-state index contributed by atoms with van der Waals surface area (Å²) in [6, 6.07) is 17.8. The van der Waals surface area contributed by atoms with E-state index in [2.05, 4.69) is 12.1 Å². The van der Waals surface area contributed by atoms with E-state index in [1.807, 2.05) is 36.4 Å². The highest BCUT2D eigenvalue weighted by Crippen LogP contribution is 2.14. The minimum atomic E-state index is -0.290. The Bertz CT molecular complexity index is 581. The van der Waals surface area contributed by atoms with Crippen LogP contribution in [0.15, 0.2) is 54.6 Å². The van der Waals surface area contributed by atoms with Crippen LogP contribution in [0.4, 0.5) is 0 Å². The van der Waals surface area contributed by atoms with Crippen LogP contribution in [0.5, 0.6) is 0 Å². The van der Waals surface area contributed by atoms with Gasteiger partial charge in [-0.2, -0.15) is 0 Å². The van der Waals surface area contributed by atoms with Crippen molar-refractivity contribution in [2.45, 2.75) is 25.3 Å². The molecule has 3 nitrogen and oxygen atoms in total. The lowest BCUT2D eigenvalue weighted by atomic mass is 9.97. The topological polar surface area (TPSA) is 52.3 Å². The van der Waals surface area contributed by atoms with Gasteiger partial charge < -0.3 is 10.5 Å². The second-order valence-electron chi connectivity index (χ2n) is 5.14. The molecular formula is C18H21NO2. The zero-order valence-corrected chi connectivity index (χ0v) is 12.3. The lowest BCUT2D eigenvalue weighted by Crippen LogP contribution is -2.23. The second kappa shape index (κ2) is 7.60. The van der Waals surface area contributed by atoms with Gasteiger partial charge in [-0.3, -0.25) is 0 Å². The van der Waals surface area contributed by atoms with Gasteiger partial charge in [0.1, 0.15) is 0 Å². The van der Waals surface area contributed by atoms with Crippen molar-refractivity contribution < 1.29 is 9.53 Å². The molecule has 0 radical (unpaired) electrons. The number of methoxy groups -OCH3 is 1. The third kappa shape index (κ3) is 4.43. The highest BCUT2D eigenvalue weighted by atomic mass is 16.5. The summed E-state index contributed by atoms with van der Waals surface area (Å²) in [5.74, 6) is -0.290. The summed E-state index contributed by atoms with van der Waals surface area (Å²) in [6.07, 6.45) is 2.46. The first-order valence-corrected chi connectivity index (χ1v) is 7.16. The molecule has 2 N–H and O–H groups in total. The molecule has 2 aromatic rings. The predicted molar refractivity (Wildman–Crippen MR) is 84.2 cm³/mol. The van der Waals surface area contributed by atoms with Crippen LogP contribution in [0.25, 0.3) is 0 Å². The monoisotopic (exact) mass is 283 g/mol. The maximum absolute atomic E-state index is 11.7. The average Bonchev–Trinajstić information content (AvgIpc) is 2.53. The molecule has 0 saturated heterocycles. The molecule has 0 aliphatic heterocycles. The van der Waals surface area contributed by atoms with E-state index in [0.29, 0.717) is 5.56 Å². The van der Waals surface area contributed by atoms with Gasteiger partial charge in [0.15, 0.2) is 0 Å². The number of carbonyl (C=O) groups excluding carboxylic acids is 1. The number of hydrogen-bond donors (Lipinski definition) is 1. The number of aryl methyl sites for hydroxylation is 1. The summed E-state index contributed by atoms with van der Waals surface area (Å²) >= 11 is 0. The van der Waals surface area contributed by atoms with E-state index in [0.717, 1.165) is 24.8 Å². The molecule has 0 aliphatic rings. The van der Waals surface area contributed by atoms with Gasteiger partial charge in [-0.15, -0.1) is 0 Å². The first kappa shape index (κ1) is 15.3. The van der Waals surface area contributed by atoms with Crippen molar-refractivity contribution in [3.8, 4) is 0 Å². The van der Waals surface area contributed by atoms with Gasteiger partial charge in [0.05, 0.1) is 12.7 Å². The van der Waals surface area contributed by atoms with Gasteiger partial charge in [0, 0.05) is 6.04 Å². The molecule has 0 aromatic heterocycles. The van der Waals surface area contributed by atoms with Gasteiger partial charge in [-0.25, -0.2) is 4.79 Å². The van der Waals surface area contributed by atoms with E-state index < -0.39 is 0 Å². The molecule has 1 unspecified atom stereocenters. The van der Waals surface area contributed by atoms with E-state index in [9.17, 15) is 4.79 Å². The van der Waals surface area contributed by atoms with Crippen molar-refractivity contribution in [2.75, 3.05) is 7.11 Å². The molecular weight excluding hydrogens is 262 g/mol. The van der Waals surface area contributed by atoms with Gasteiger partial charge in [0.2, 0.25) is 0 Å². The van der Waals surface area contributed by atoms with Crippen LogP contribution in [0.2, 0.25) is 0 Å². The number of esters is 1. The van der Waals surface area contributed by atoms with Crippen LogP contribution in [0.3, 0.4) is 0 Å². The summed E-state index contributed by atoms with van der Waals surface area (Å²) < 4.78 is 4.81. The van der Waals surface area contributed by atoms with E-state index in [4.69, 9.17) is 10.5 Å². The fourth-order valence-corrected chi connectivity index (χ4v) is 2.41. The van der Waals surface area contributed by atoms with Crippen LogP contribution in [-0.4, -0.2) is 19.1 Å². The lowest BCUT2D eigenvalue weighted by molar-refractivity contribution is 0.0599. The Morgan fingerprint density at radius 1 is 1.10 bits per heavy atom. The average molecular weight is 283 g/mol. The first-order valence-electron chi connectivity index (χ1n) is 7.16.